The van der Waals surface area contributed by atoms with Crippen LogP contribution in [0.25, 0.3) is 11.0 Å². The van der Waals surface area contributed by atoms with E-state index in [0.29, 0.717) is 12.8 Å². The van der Waals surface area contributed by atoms with E-state index in [1.807, 2.05) is 0 Å². The summed E-state index contributed by atoms with van der Waals surface area (Å²) >= 11 is 0. The van der Waals surface area contributed by atoms with Gasteiger partial charge in [-0.05, 0) is 43.7 Å². The molecule has 0 spiro atoms. The molecule has 1 heterocycles. The molecule has 1 fully saturated rings. The van der Waals surface area contributed by atoms with Gasteiger partial charge in [-0.15, -0.1) is 0 Å². The zero-order valence-electron chi connectivity index (χ0n) is 13.1. The van der Waals surface area contributed by atoms with Crippen LogP contribution in [0.2, 0.25) is 0 Å². The highest BCUT2D eigenvalue weighted by Gasteiger charge is 2.42. The molecule has 0 unspecified atom stereocenters. The molecule has 8 heteroatoms. The minimum Gasteiger partial charge on any atom is -0.508 e. The Kier molecular flexibility index (Phi) is 4.22. The Bertz CT molecular complexity index is 880. The topological polar surface area (TPSA) is 93.5 Å². The van der Waals surface area contributed by atoms with Crippen LogP contribution >= 0.6 is 0 Å². The lowest BCUT2D eigenvalue weighted by molar-refractivity contribution is -0.154. The third kappa shape index (κ3) is 3.20. The molecule has 25 heavy (non-hydrogen) atoms. The van der Waals surface area contributed by atoms with Crippen LogP contribution in [0.1, 0.15) is 42.9 Å². The van der Waals surface area contributed by atoms with Crippen molar-refractivity contribution in [3.63, 3.8) is 0 Å². The summed E-state index contributed by atoms with van der Waals surface area (Å²) in [4.78, 5) is 23.9. The Balaban J connectivity index is 2.13. The molecular formula is C17H16F3NO4. The number of primary amides is 1. The number of phenolic OH excluding ortho intramolecular Hbond substituents is 1. The summed E-state index contributed by atoms with van der Waals surface area (Å²) in [5, 5.41) is 9.41. The van der Waals surface area contributed by atoms with Gasteiger partial charge in [-0.1, -0.05) is 0 Å². The molecule has 5 nitrogen and oxygen atoms in total. The van der Waals surface area contributed by atoms with Crippen molar-refractivity contribution < 1.29 is 27.5 Å². The van der Waals surface area contributed by atoms with Crippen molar-refractivity contribution in [2.45, 2.75) is 37.8 Å². The van der Waals surface area contributed by atoms with Gasteiger partial charge >= 0.3 is 6.18 Å². The van der Waals surface area contributed by atoms with Crippen LogP contribution in [0.3, 0.4) is 0 Å². The number of rotatable bonds is 2. The van der Waals surface area contributed by atoms with E-state index in [-0.39, 0.29) is 35.5 Å². The summed E-state index contributed by atoms with van der Waals surface area (Å²) in [6.07, 6.45) is -3.65. The number of carbonyl (C=O) groups is 1. The minimum atomic E-state index is -4.84. The first-order valence-corrected chi connectivity index (χ1v) is 7.84. The molecule has 1 aromatic carbocycles. The molecular weight excluding hydrogens is 339 g/mol. The molecule has 3 rings (SSSR count). The second-order valence-corrected chi connectivity index (χ2v) is 6.30. The lowest BCUT2D eigenvalue weighted by Crippen LogP contribution is -2.29. The summed E-state index contributed by atoms with van der Waals surface area (Å²) in [6.45, 7) is 0. The van der Waals surface area contributed by atoms with Crippen LogP contribution in [-0.4, -0.2) is 11.0 Å². The van der Waals surface area contributed by atoms with Gasteiger partial charge in [0.1, 0.15) is 11.3 Å². The second kappa shape index (κ2) is 6.09. The molecule has 1 aliphatic carbocycles. The number of carbonyl (C=O) groups excluding carboxylic acids is 1. The van der Waals surface area contributed by atoms with Gasteiger partial charge in [0.25, 0.3) is 0 Å². The lowest BCUT2D eigenvalue weighted by atomic mass is 9.77. The number of alkyl halides is 3. The van der Waals surface area contributed by atoms with Gasteiger partial charge in [0.05, 0.1) is 10.9 Å². The van der Waals surface area contributed by atoms with E-state index in [4.69, 9.17) is 10.2 Å². The zero-order chi connectivity index (χ0) is 18.4. The maximum absolute atomic E-state index is 13.4. The summed E-state index contributed by atoms with van der Waals surface area (Å²) in [6, 6.07) is 3.45. The van der Waals surface area contributed by atoms with Crippen molar-refractivity contribution in [2.75, 3.05) is 0 Å². The van der Waals surface area contributed by atoms with E-state index < -0.39 is 34.8 Å². The number of aromatic hydroxyl groups is 1. The van der Waals surface area contributed by atoms with E-state index in [9.17, 15) is 27.9 Å². The first-order chi connectivity index (χ1) is 11.7. The second-order valence-electron chi connectivity index (χ2n) is 6.30. The molecule has 0 saturated heterocycles. The van der Waals surface area contributed by atoms with E-state index in [1.54, 1.807) is 0 Å². The molecule has 0 bridgehead atoms. The number of hydrogen-bond acceptors (Lipinski definition) is 4. The molecule has 0 atom stereocenters. The monoisotopic (exact) mass is 355 g/mol. The van der Waals surface area contributed by atoms with Gasteiger partial charge < -0.3 is 15.3 Å². The molecule has 2 aromatic rings. The molecule has 134 valence electrons. The highest BCUT2D eigenvalue weighted by molar-refractivity contribution is 5.79. The maximum Gasteiger partial charge on any atom is 0.449 e. The first-order valence-electron chi connectivity index (χ1n) is 7.84. The number of amides is 1. The summed E-state index contributed by atoms with van der Waals surface area (Å²) in [5.74, 6) is -3.14. The minimum absolute atomic E-state index is 0.0159. The van der Waals surface area contributed by atoms with Crippen LogP contribution in [0, 0.1) is 5.92 Å². The molecule has 3 N–H and O–H groups in total. The molecule has 1 aromatic heterocycles. The van der Waals surface area contributed by atoms with Crippen LogP contribution < -0.4 is 11.2 Å². The summed E-state index contributed by atoms with van der Waals surface area (Å²) in [5.41, 5.74) is 3.77. The third-order valence-electron chi connectivity index (χ3n) is 4.71. The smallest absolute Gasteiger partial charge is 0.449 e. The first kappa shape index (κ1) is 17.3. The average molecular weight is 355 g/mol. The van der Waals surface area contributed by atoms with Gasteiger partial charge in [-0.2, -0.15) is 13.2 Å². The van der Waals surface area contributed by atoms with Crippen molar-refractivity contribution in [2.24, 2.45) is 11.7 Å². The largest absolute Gasteiger partial charge is 0.508 e. The van der Waals surface area contributed by atoms with Gasteiger partial charge in [0, 0.05) is 12.0 Å². The number of fused-ring (bicyclic) bond motifs is 1. The molecule has 1 saturated carbocycles. The van der Waals surface area contributed by atoms with Crippen LogP contribution in [0.4, 0.5) is 13.2 Å². The Labute approximate surface area is 140 Å². The number of phenols is 1. The predicted molar refractivity (Wildman–Crippen MR) is 83.0 cm³/mol. The fourth-order valence-corrected chi connectivity index (χ4v) is 3.44. The van der Waals surface area contributed by atoms with E-state index in [0.717, 1.165) is 6.07 Å². The van der Waals surface area contributed by atoms with Gasteiger partial charge in [-0.3, -0.25) is 9.59 Å². The zero-order valence-corrected chi connectivity index (χ0v) is 13.1. The van der Waals surface area contributed by atoms with Crippen molar-refractivity contribution in [1.82, 2.24) is 0 Å². The number of hydrogen-bond donors (Lipinski definition) is 2. The third-order valence-corrected chi connectivity index (χ3v) is 4.71. The lowest BCUT2D eigenvalue weighted by Gasteiger charge is -2.27. The Morgan fingerprint density at radius 3 is 2.40 bits per heavy atom. The predicted octanol–water partition coefficient (Wildman–Crippen LogP) is 3.28. The van der Waals surface area contributed by atoms with Crippen LogP contribution in [-0.2, 0) is 11.0 Å². The Hall–Kier alpha value is -2.51. The Morgan fingerprint density at radius 2 is 1.84 bits per heavy atom. The summed E-state index contributed by atoms with van der Waals surface area (Å²) in [7, 11) is 0. The van der Waals surface area contributed by atoms with E-state index in [1.165, 1.54) is 12.1 Å². The quantitative estimate of drug-likeness (QED) is 0.864. The average Bonchev–Trinajstić information content (AvgIpc) is 2.53. The maximum atomic E-state index is 13.4. The SMILES string of the molecule is NC(=O)[C@H]1CC[C@H](c2c(C(F)(F)F)oc3cc(O)ccc3c2=O)CC1. The van der Waals surface area contributed by atoms with Gasteiger partial charge in [0.2, 0.25) is 11.7 Å². The van der Waals surface area contributed by atoms with E-state index >= 15 is 0 Å². The Morgan fingerprint density at radius 1 is 1.20 bits per heavy atom. The van der Waals surface area contributed by atoms with Crippen molar-refractivity contribution in [1.29, 1.82) is 0 Å². The normalized spacial score (nSPS) is 21.4. The highest BCUT2D eigenvalue weighted by Crippen LogP contribution is 2.41. The fraction of sp³-hybridized carbons (Fsp3) is 0.412. The summed E-state index contributed by atoms with van der Waals surface area (Å²) < 4.78 is 45.3. The van der Waals surface area contributed by atoms with Crippen molar-refractivity contribution >= 4 is 16.9 Å². The van der Waals surface area contributed by atoms with Crippen LogP contribution in [0.15, 0.2) is 27.4 Å². The van der Waals surface area contributed by atoms with Gasteiger partial charge in [0.15, 0.2) is 5.43 Å². The van der Waals surface area contributed by atoms with E-state index in [2.05, 4.69) is 0 Å². The van der Waals surface area contributed by atoms with Crippen molar-refractivity contribution in [3.8, 4) is 5.75 Å². The molecule has 0 aliphatic heterocycles. The van der Waals surface area contributed by atoms with Crippen LogP contribution in [0.5, 0.6) is 5.75 Å². The highest BCUT2D eigenvalue weighted by atomic mass is 19.4. The molecule has 1 amide bonds. The molecule has 0 radical (unpaired) electrons. The van der Waals surface area contributed by atoms with Crippen molar-refractivity contribution in [3.05, 3.63) is 39.7 Å². The number of benzene rings is 1. The fourth-order valence-electron chi connectivity index (χ4n) is 3.44. The standard InChI is InChI=1S/C17H16F3NO4/c18-17(19,20)15-13(8-1-3-9(4-2-8)16(21)24)14(23)11-6-5-10(22)7-12(11)25-15/h5-9,22H,1-4H2,(H2,21,24)/t8-,9-. The number of nitrogens with two attached hydrogens (primary N) is 1. The number of halogens is 3. The van der Waals surface area contributed by atoms with Gasteiger partial charge in [-0.25, -0.2) is 0 Å². The molecule has 1 aliphatic rings.